The fourth-order valence-electron chi connectivity index (χ4n) is 2.43. The van der Waals surface area contributed by atoms with Crippen molar-refractivity contribution in [2.75, 3.05) is 18.5 Å². The van der Waals surface area contributed by atoms with E-state index >= 15 is 0 Å². The number of ether oxygens (including phenoxy) is 1. The Morgan fingerprint density at radius 1 is 1.35 bits per heavy atom. The maximum Gasteiger partial charge on any atom is 0.311 e. The molecule has 0 bridgehead atoms. The zero-order chi connectivity index (χ0) is 14.1. The number of benzene rings is 1. The SMILES string of the molecule is O=C(O)C1COCC1Nc1cc2ccccc2c(=O)[nH]1. The highest BCUT2D eigenvalue weighted by atomic mass is 16.5. The second-order valence-electron chi connectivity index (χ2n) is 4.83. The van der Waals surface area contributed by atoms with Gasteiger partial charge in [-0.25, -0.2) is 0 Å². The fraction of sp³-hybridized carbons (Fsp3) is 0.286. The molecule has 1 fully saturated rings. The zero-order valence-corrected chi connectivity index (χ0v) is 10.6. The number of fused-ring (bicyclic) bond motifs is 1. The number of pyridine rings is 1. The molecule has 1 aliphatic heterocycles. The molecular weight excluding hydrogens is 260 g/mol. The van der Waals surface area contributed by atoms with Crippen molar-refractivity contribution in [3.8, 4) is 0 Å². The highest BCUT2D eigenvalue weighted by Gasteiger charge is 2.34. The van der Waals surface area contributed by atoms with Gasteiger partial charge in [0.05, 0.1) is 19.3 Å². The van der Waals surface area contributed by atoms with Crippen molar-refractivity contribution >= 4 is 22.6 Å². The number of aliphatic carboxylic acids is 1. The van der Waals surface area contributed by atoms with Gasteiger partial charge in [0.1, 0.15) is 11.7 Å². The molecule has 2 unspecified atom stereocenters. The molecule has 6 heteroatoms. The van der Waals surface area contributed by atoms with Crippen LogP contribution in [-0.4, -0.2) is 35.3 Å². The molecule has 6 nitrogen and oxygen atoms in total. The van der Waals surface area contributed by atoms with Gasteiger partial charge in [-0.15, -0.1) is 0 Å². The summed E-state index contributed by atoms with van der Waals surface area (Å²) in [6, 6.07) is 8.70. The van der Waals surface area contributed by atoms with Gasteiger partial charge in [-0.2, -0.15) is 0 Å². The number of rotatable bonds is 3. The number of aromatic nitrogens is 1. The molecule has 2 heterocycles. The Morgan fingerprint density at radius 3 is 2.95 bits per heavy atom. The minimum absolute atomic E-state index is 0.185. The van der Waals surface area contributed by atoms with Crippen LogP contribution in [-0.2, 0) is 9.53 Å². The van der Waals surface area contributed by atoms with Gasteiger partial charge in [-0.05, 0) is 17.5 Å². The lowest BCUT2D eigenvalue weighted by Crippen LogP contribution is -2.33. The maximum atomic E-state index is 11.9. The summed E-state index contributed by atoms with van der Waals surface area (Å²) in [4.78, 5) is 25.8. The van der Waals surface area contributed by atoms with Crippen molar-refractivity contribution < 1.29 is 14.6 Å². The highest BCUT2D eigenvalue weighted by Crippen LogP contribution is 2.19. The summed E-state index contributed by atoms with van der Waals surface area (Å²) < 4.78 is 5.19. The summed E-state index contributed by atoms with van der Waals surface area (Å²) in [5.41, 5.74) is -0.198. The molecule has 2 atom stereocenters. The molecule has 0 spiro atoms. The van der Waals surface area contributed by atoms with Gasteiger partial charge >= 0.3 is 5.97 Å². The number of hydrogen-bond donors (Lipinski definition) is 3. The first-order valence-electron chi connectivity index (χ1n) is 6.34. The number of hydrogen-bond acceptors (Lipinski definition) is 4. The van der Waals surface area contributed by atoms with Crippen LogP contribution in [0.2, 0.25) is 0 Å². The maximum absolute atomic E-state index is 11.9. The lowest BCUT2D eigenvalue weighted by atomic mass is 10.0. The summed E-state index contributed by atoms with van der Waals surface area (Å²) in [7, 11) is 0. The third-order valence-corrected chi connectivity index (χ3v) is 3.49. The smallest absolute Gasteiger partial charge is 0.311 e. The number of H-pyrrole nitrogens is 1. The number of aromatic amines is 1. The Balaban J connectivity index is 1.91. The molecule has 1 aromatic heterocycles. The van der Waals surface area contributed by atoms with Gasteiger partial charge in [-0.3, -0.25) is 9.59 Å². The summed E-state index contributed by atoms with van der Waals surface area (Å²) in [6.07, 6.45) is 0. The normalized spacial score (nSPS) is 22.0. The van der Waals surface area contributed by atoms with Crippen molar-refractivity contribution in [3.05, 3.63) is 40.7 Å². The Morgan fingerprint density at radius 2 is 2.15 bits per heavy atom. The third-order valence-electron chi connectivity index (χ3n) is 3.49. The molecule has 1 saturated heterocycles. The lowest BCUT2D eigenvalue weighted by Gasteiger charge is -2.16. The summed E-state index contributed by atoms with van der Waals surface area (Å²) in [6.45, 7) is 0.497. The van der Waals surface area contributed by atoms with Crippen molar-refractivity contribution in [2.24, 2.45) is 5.92 Å². The van der Waals surface area contributed by atoms with Crippen LogP contribution < -0.4 is 10.9 Å². The summed E-state index contributed by atoms with van der Waals surface area (Å²) in [5.74, 6) is -0.997. The molecule has 0 amide bonds. The Labute approximate surface area is 114 Å². The molecule has 3 N–H and O–H groups in total. The van der Waals surface area contributed by atoms with E-state index in [-0.39, 0.29) is 18.2 Å². The summed E-state index contributed by atoms with van der Waals surface area (Å²) in [5, 5.41) is 13.6. The Hall–Kier alpha value is -2.34. The molecule has 104 valence electrons. The molecule has 3 rings (SSSR count). The first-order valence-corrected chi connectivity index (χ1v) is 6.34. The van der Waals surface area contributed by atoms with Crippen LogP contribution in [0.4, 0.5) is 5.82 Å². The van der Waals surface area contributed by atoms with E-state index in [1.807, 2.05) is 12.1 Å². The third kappa shape index (κ3) is 2.25. The molecule has 0 radical (unpaired) electrons. The average molecular weight is 274 g/mol. The van der Waals surface area contributed by atoms with Crippen LogP contribution in [0.15, 0.2) is 35.1 Å². The van der Waals surface area contributed by atoms with E-state index < -0.39 is 11.9 Å². The van der Waals surface area contributed by atoms with Crippen molar-refractivity contribution in [1.82, 2.24) is 4.98 Å². The van der Waals surface area contributed by atoms with Crippen molar-refractivity contribution in [1.29, 1.82) is 0 Å². The molecule has 1 aliphatic rings. The molecule has 1 aromatic carbocycles. The number of carbonyl (C=O) groups is 1. The predicted octanol–water partition coefficient (Wildman–Crippen LogP) is 1.04. The van der Waals surface area contributed by atoms with Gasteiger partial charge in [0.15, 0.2) is 0 Å². The van der Waals surface area contributed by atoms with E-state index in [9.17, 15) is 9.59 Å². The van der Waals surface area contributed by atoms with E-state index in [1.165, 1.54) is 0 Å². The van der Waals surface area contributed by atoms with Crippen LogP contribution in [0.1, 0.15) is 0 Å². The molecule has 20 heavy (non-hydrogen) atoms. The molecule has 2 aromatic rings. The summed E-state index contributed by atoms with van der Waals surface area (Å²) >= 11 is 0. The minimum Gasteiger partial charge on any atom is -0.481 e. The van der Waals surface area contributed by atoms with Crippen molar-refractivity contribution in [3.63, 3.8) is 0 Å². The number of carboxylic acid groups (broad SMARTS) is 1. The second kappa shape index (κ2) is 4.97. The van der Waals surface area contributed by atoms with Crippen LogP contribution in [0.3, 0.4) is 0 Å². The van der Waals surface area contributed by atoms with Crippen LogP contribution in [0.25, 0.3) is 10.8 Å². The van der Waals surface area contributed by atoms with Crippen molar-refractivity contribution in [2.45, 2.75) is 6.04 Å². The zero-order valence-electron chi connectivity index (χ0n) is 10.6. The van der Waals surface area contributed by atoms with Gasteiger partial charge in [0.25, 0.3) is 5.56 Å². The van der Waals surface area contributed by atoms with E-state index in [0.29, 0.717) is 17.8 Å². The van der Waals surface area contributed by atoms with E-state index in [0.717, 1.165) is 5.39 Å². The fourth-order valence-corrected chi connectivity index (χ4v) is 2.43. The molecule has 0 saturated carbocycles. The van der Waals surface area contributed by atoms with Crippen LogP contribution in [0, 0.1) is 5.92 Å². The largest absolute Gasteiger partial charge is 0.481 e. The predicted molar refractivity (Wildman–Crippen MR) is 73.9 cm³/mol. The van der Waals surface area contributed by atoms with E-state index in [1.54, 1.807) is 18.2 Å². The van der Waals surface area contributed by atoms with Gasteiger partial charge in [-0.1, -0.05) is 18.2 Å². The monoisotopic (exact) mass is 274 g/mol. The molecule has 0 aliphatic carbocycles. The number of anilines is 1. The van der Waals surface area contributed by atoms with Crippen LogP contribution >= 0.6 is 0 Å². The van der Waals surface area contributed by atoms with Gasteiger partial charge < -0.3 is 20.1 Å². The lowest BCUT2D eigenvalue weighted by molar-refractivity contribution is -0.141. The van der Waals surface area contributed by atoms with Gasteiger partial charge in [0.2, 0.25) is 0 Å². The van der Waals surface area contributed by atoms with Gasteiger partial charge in [0, 0.05) is 5.39 Å². The quantitative estimate of drug-likeness (QED) is 0.778. The number of carboxylic acids is 1. The standard InChI is InChI=1S/C14H14N2O4/c17-13-9-4-2-1-3-8(9)5-12(16-13)15-11-7-20-6-10(11)14(18)19/h1-5,10-11H,6-7H2,(H,18,19)(H2,15,16,17). The molecular formula is C14H14N2O4. The van der Waals surface area contributed by atoms with E-state index in [4.69, 9.17) is 9.84 Å². The average Bonchev–Trinajstić information content (AvgIpc) is 2.87. The van der Waals surface area contributed by atoms with E-state index in [2.05, 4.69) is 10.3 Å². The van der Waals surface area contributed by atoms with Crippen LogP contribution in [0.5, 0.6) is 0 Å². The minimum atomic E-state index is -0.900. The Bertz CT molecular complexity index is 710. The topological polar surface area (TPSA) is 91.4 Å². The second-order valence-corrected chi connectivity index (χ2v) is 4.83. The first kappa shape index (κ1) is 12.7. The first-order chi connectivity index (χ1) is 9.65. The Kier molecular flexibility index (Phi) is 3.15. The number of nitrogens with one attached hydrogen (secondary N) is 2. The highest BCUT2D eigenvalue weighted by molar-refractivity contribution is 5.83.